The molecule has 3 aliphatic heterocycles. The second kappa shape index (κ2) is 18.4. The van der Waals surface area contributed by atoms with E-state index in [1.807, 2.05) is 62.1 Å². The van der Waals surface area contributed by atoms with E-state index in [0.29, 0.717) is 64.4 Å². The number of aromatic nitrogens is 2. The fourth-order valence-electron chi connectivity index (χ4n) is 10.8. The molecule has 344 valence electrons. The Labute approximate surface area is 380 Å². The van der Waals surface area contributed by atoms with E-state index >= 15 is 4.39 Å². The minimum atomic E-state index is -2.11. The molecular formula is C51H68FN5O6Si. The van der Waals surface area contributed by atoms with E-state index in [9.17, 15) is 4.79 Å². The van der Waals surface area contributed by atoms with E-state index in [2.05, 4.69) is 68.9 Å². The van der Waals surface area contributed by atoms with Crippen LogP contribution in [-0.4, -0.2) is 118 Å². The van der Waals surface area contributed by atoms with Gasteiger partial charge in [0.25, 0.3) is 0 Å². The van der Waals surface area contributed by atoms with Crippen molar-refractivity contribution in [3.63, 3.8) is 0 Å². The number of hydrogen-bond donors (Lipinski definition) is 0. The summed E-state index contributed by atoms with van der Waals surface area (Å²) in [6, 6.07) is 13.8. The topological polar surface area (TPSA) is 98.7 Å². The summed E-state index contributed by atoms with van der Waals surface area (Å²) in [6.07, 6.45) is 3.51. The first-order chi connectivity index (χ1) is 30.5. The molecule has 3 saturated heterocycles. The van der Waals surface area contributed by atoms with Gasteiger partial charge >= 0.3 is 12.1 Å². The molecule has 2 bridgehead atoms. The Morgan fingerprint density at radius 2 is 1.62 bits per heavy atom. The molecule has 1 aromatic heterocycles. The summed E-state index contributed by atoms with van der Waals surface area (Å²) in [4.78, 5) is 30.0. The number of nitrogens with zero attached hydrogens (tertiary/aromatic N) is 5. The lowest BCUT2D eigenvalue weighted by molar-refractivity contribution is 0.0122. The molecule has 11 nitrogen and oxygen atoms in total. The molecule has 4 aliphatic rings. The van der Waals surface area contributed by atoms with Gasteiger partial charge in [0, 0.05) is 67.1 Å². The van der Waals surface area contributed by atoms with Crippen LogP contribution in [0.4, 0.5) is 15.0 Å². The van der Waals surface area contributed by atoms with Crippen molar-refractivity contribution in [1.82, 2.24) is 19.8 Å². The minimum Gasteiger partial charge on any atom is -0.468 e. The predicted octanol–water partition coefficient (Wildman–Crippen LogP) is 10.2. The summed E-state index contributed by atoms with van der Waals surface area (Å²) in [5.74, 6) is 4.38. The summed E-state index contributed by atoms with van der Waals surface area (Å²) < 4.78 is 47.3. The number of hydrogen-bond acceptors (Lipinski definition) is 10. The molecule has 2 atom stereocenters. The number of amides is 1. The van der Waals surface area contributed by atoms with Crippen molar-refractivity contribution >= 4 is 41.7 Å². The van der Waals surface area contributed by atoms with Crippen molar-refractivity contribution < 1.29 is 32.9 Å². The Bertz CT molecular complexity index is 2380. The number of fused-ring (bicyclic) bond motifs is 4. The van der Waals surface area contributed by atoms with Gasteiger partial charge in [-0.25, -0.2) is 9.18 Å². The van der Waals surface area contributed by atoms with E-state index in [0.717, 1.165) is 74.9 Å². The number of methoxy groups -OCH3 is 1. The van der Waals surface area contributed by atoms with E-state index in [4.69, 9.17) is 33.7 Å². The van der Waals surface area contributed by atoms with Gasteiger partial charge in [-0.3, -0.25) is 9.80 Å². The van der Waals surface area contributed by atoms with Crippen molar-refractivity contribution in [2.24, 2.45) is 5.41 Å². The number of morpholine rings is 1. The number of piperazine rings is 1. The van der Waals surface area contributed by atoms with Crippen molar-refractivity contribution in [2.45, 2.75) is 122 Å². The third-order valence-electron chi connectivity index (χ3n) is 14.1. The smallest absolute Gasteiger partial charge is 0.410 e. The Balaban J connectivity index is 1.24. The number of halogens is 1. The second-order valence-corrected chi connectivity index (χ2v) is 26.2. The number of ether oxygens (including phenoxy) is 5. The monoisotopic (exact) mass is 893 g/mol. The molecular weight excluding hydrogens is 826 g/mol. The van der Waals surface area contributed by atoms with Crippen LogP contribution in [0.1, 0.15) is 93.6 Å². The van der Waals surface area contributed by atoms with Crippen molar-refractivity contribution in [3.05, 3.63) is 53.8 Å². The summed E-state index contributed by atoms with van der Waals surface area (Å²) in [7, 11) is -0.521. The molecule has 0 N–H and O–H groups in total. The molecule has 4 heterocycles. The van der Waals surface area contributed by atoms with Crippen LogP contribution in [0, 0.1) is 22.7 Å². The van der Waals surface area contributed by atoms with Crippen molar-refractivity contribution in [1.29, 1.82) is 0 Å². The lowest BCUT2D eigenvalue weighted by Gasteiger charge is -2.42. The maximum absolute atomic E-state index is 18.0. The molecule has 2 unspecified atom stereocenters. The standard InChI is InChI=1S/C51H68FN5O6Si/c1-33(2)64(34(3)4,35(5)6)25-18-36-12-11-13-37-26-40(62-32-59-10)27-43(44(36)37)41-16-17-42-46(45(41)52)53-48(61-31-51(19-20-51)30-55-21-23-60-24-22-55)54-47(42)56-28-38-14-15-39(29-56)57(38)49(58)63-50(7,8)9/h11-13,16-17,26-27,33-35,38-39H,14-15,19-24,28-32H2,1-10H3. The highest BCUT2D eigenvalue weighted by atomic mass is 28.3. The average Bonchev–Trinajstić information content (AvgIpc) is 3.96. The second-order valence-electron chi connectivity index (χ2n) is 20.6. The first-order valence-corrected chi connectivity index (χ1v) is 25.7. The highest BCUT2D eigenvalue weighted by Gasteiger charge is 2.47. The number of anilines is 1. The lowest BCUT2D eigenvalue weighted by Crippen LogP contribution is -2.57. The van der Waals surface area contributed by atoms with Crippen LogP contribution in [0.25, 0.3) is 32.8 Å². The van der Waals surface area contributed by atoms with Gasteiger partial charge in [-0.15, -0.1) is 5.54 Å². The van der Waals surface area contributed by atoms with Gasteiger partial charge in [-0.1, -0.05) is 65.7 Å². The molecule has 1 saturated carbocycles. The molecule has 13 heteroatoms. The van der Waals surface area contributed by atoms with E-state index in [-0.39, 0.29) is 41.9 Å². The number of carbonyl (C=O) groups excluding carboxylic acids is 1. The quantitative estimate of drug-likeness (QED) is 0.0733. The largest absolute Gasteiger partial charge is 0.468 e. The maximum Gasteiger partial charge on any atom is 0.410 e. The lowest BCUT2D eigenvalue weighted by atomic mass is 9.93. The fourth-order valence-corrected chi connectivity index (χ4v) is 16.1. The third-order valence-corrected chi connectivity index (χ3v) is 20.4. The highest BCUT2D eigenvalue weighted by molar-refractivity contribution is 6.90. The SMILES string of the molecule is COCOc1cc(-c2ccc3c(N4CC5CCC(C4)N5C(=O)OC(C)(C)C)nc(OCC4(CN5CCOCC5)CC4)nc3c2F)c2c(C#C[Si](C(C)C)(C(C)C)C(C)C)cccc2c1. The maximum atomic E-state index is 18.0. The molecule has 8 rings (SSSR count). The van der Waals surface area contributed by atoms with Gasteiger partial charge in [0.05, 0.1) is 31.9 Å². The van der Waals surface area contributed by atoms with Gasteiger partial charge < -0.3 is 28.6 Å². The molecule has 64 heavy (non-hydrogen) atoms. The Morgan fingerprint density at radius 3 is 2.25 bits per heavy atom. The molecule has 3 aromatic carbocycles. The highest BCUT2D eigenvalue weighted by Crippen LogP contribution is 2.47. The third kappa shape index (κ3) is 9.30. The molecule has 4 aromatic rings. The van der Waals surface area contributed by atoms with Crippen LogP contribution in [0.3, 0.4) is 0 Å². The van der Waals surface area contributed by atoms with Crippen LogP contribution in [0.5, 0.6) is 11.8 Å². The van der Waals surface area contributed by atoms with E-state index < -0.39 is 19.5 Å². The summed E-state index contributed by atoms with van der Waals surface area (Å²) >= 11 is 0. The van der Waals surface area contributed by atoms with Crippen LogP contribution < -0.4 is 14.4 Å². The summed E-state index contributed by atoms with van der Waals surface area (Å²) in [5, 5.41) is 2.34. The van der Waals surface area contributed by atoms with Gasteiger partial charge in [0.15, 0.2) is 12.6 Å². The van der Waals surface area contributed by atoms with Crippen LogP contribution in [-0.2, 0) is 14.2 Å². The van der Waals surface area contributed by atoms with Gasteiger partial charge in [0.1, 0.15) is 30.8 Å². The number of rotatable bonds is 13. The van der Waals surface area contributed by atoms with E-state index in [1.54, 1.807) is 7.11 Å². The van der Waals surface area contributed by atoms with Crippen molar-refractivity contribution in [3.8, 4) is 34.4 Å². The van der Waals surface area contributed by atoms with Crippen LogP contribution in [0.15, 0.2) is 42.5 Å². The van der Waals surface area contributed by atoms with E-state index in [1.165, 1.54) is 0 Å². The van der Waals surface area contributed by atoms with Crippen molar-refractivity contribution in [2.75, 3.05) is 71.3 Å². The predicted molar refractivity (Wildman–Crippen MR) is 254 cm³/mol. The Kier molecular flexibility index (Phi) is 13.3. The number of benzene rings is 3. The minimum absolute atomic E-state index is 0.00545. The van der Waals surface area contributed by atoms with Gasteiger partial charge in [-0.2, -0.15) is 9.97 Å². The first-order valence-electron chi connectivity index (χ1n) is 23.4. The summed E-state index contributed by atoms with van der Waals surface area (Å²) in [6.45, 7) is 25.3. The Morgan fingerprint density at radius 1 is 0.938 bits per heavy atom. The fraction of sp³-hybridized carbons (Fsp3) is 0.588. The zero-order valence-corrected chi connectivity index (χ0v) is 40.7. The average molecular weight is 894 g/mol. The Hall–Kier alpha value is -4.48. The summed E-state index contributed by atoms with van der Waals surface area (Å²) in [5.41, 5.74) is 6.75. The molecule has 0 radical (unpaired) electrons. The zero-order chi connectivity index (χ0) is 45.6. The van der Waals surface area contributed by atoms with Gasteiger partial charge in [-0.05, 0) is 98.3 Å². The first kappa shape index (κ1) is 46.1. The number of carbonyl (C=O) groups is 1. The van der Waals surface area contributed by atoms with Crippen LogP contribution in [0.2, 0.25) is 16.6 Å². The molecule has 0 spiro atoms. The molecule has 1 amide bonds. The zero-order valence-electron chi connectivity index (χ0n) is 39.7. The molecule has 4 fully saturated rings. The van der Waals surface area contributed by atoms with Crippen LogP contribution >= 0.6 is 0 Å². The normalized spacial score (nSPS) is 20.0. The van der Waals surface area contributed by atoms with Gasteiger partial charge in [0.2, 0.25) is 0 Å². The molecule has 1 aliphatic carbocycles.